The van der Waals surface area contributed by atoms with Crippen LogP contribution in [0, 0.1) is 25.7 Å². The van der Waals surface area contributed by atoms with Crippen LogP contribution in [0.15, 0.2) is 16.6 Å². The number of carbonyl (C=O) groups is 1. The Morgan fingerprint density at radius 2 is 2.06 bits per heavy atom. The van der Waals surface area contributed by atoms with Crippen molar-refractivity contribution in [3.63, 3.8) is 0 Å². The quantitative estimate of drug-likeness (QED) is 0.859. The molecule has 1 aliphatic carbocycles. The second kappa shape index (κ2) is 5.43. The largest absolute Gasteiger partial charge is 0.325 e. The van der Waals surface area contributed by atoms with Crippen LogP contribution in [0.25, 0.3) is 0 Å². The van der Waals surface area contributed by atoms with E-state index in [0.29, 0.717) is 5.92 Å². The lowest BCUT2D eigenvalue weighted by Gasteiger charge is -2.17. The number of aryl methyl sites for hydroxylation is 2. The minimum Gasteiger partial charge on any atom is -0.325 e. The van der Waals surface area contributed by atoms with E-state index >= 15 is 0 Å². The van der Waals surface area contributed by atoms with Gasteiger partial charge < -0.3 is 5.32 Å². The Morgan fingerprint density at radius 3 is 2.61 bits per heavy atom. The van der Waals surface area contributed by atoms with E-state index in [4.69, 9.17) is 0 Å². The first kappa shape index (κ1) is 13.6. The lowest BCUT2D eigenvalue weighted by atomic mass is 9.97. The Labute approximate surface area is 117 Å². The third kappa shape index (κ3) is 2.77. The third-order valence-electron chi connectivity index (χ3n) is 3.88. The first-order chi connectivity index (χ1) is 8.49. The van der Waals surface area contributed by atoms with Gasteiger partial charge in [0.15, 0.2) is 0 Å². The number of carbonyl (C=O) groups excluding carboxylic acids is 1. The minimum absolute atomic E-state index is 0.174. The van der Waals surface area contributed by atoms with Gasteiger partial charge in [-0.05, 0) is 65.7 Å². The van der Waals surface area contributed by atoms with E-state index in [-0.39, 0.29) is 11.8 Å². The number of amides is 1. The average molecular weight is 310 g/mol. The summed E-state index contributed by atoms with van der Waals surface area (Å²) in [6, 6.07) is 4.14. The first-order valence-corrected chi connectivity index (χ1v) is 7.36. The fraction of sp³-hybridized carbons (Fsp3) is 0.533. The van der Waals surface area contributed by atoms with E-state index in [1.54, 1.807) is 0 Å². The van der Waals surface area contributed by atoms with Crippen molar-refractivity contribution in [1.82, 2.24) is 0 Å². The second-order valence-corrected chi connectivity index (χ2v) is 6.30. The highest BCUT2D eigenvalue weighted by Crippen LogP contribution is 2.34. The normalized spacial score (nSPS) is 23.1. The molecule has 2 nitrogen and oxygen atoms in total. The summed E-state index contributed by atoms with van der Waals surface area (Å²) in [6.07, 6.45) is 3.37. The van der Waals surface area contributed by atoms with Crippen LogP contribution in [0.5, 0.6) is 0 Å². The lowest BCUT2D eigenvalue weighted by molar-refractivity contribution is -0.120. The summed E-state index contributed by atoms with van der Waals surface area (Å²) in [7, 11) is 0. The first-order valence-electron chi connectivity index (χ1n) is 6.56. The van der Waals surface area contributed by atoms with Crippen LogP contribution in [0.4, 0.5) is 5.69 Å². The van der Waals surface area contributed by atoms with Crippen molar-refractivity contribution >= 4 is 27.5 Å². The summed E-state index contributed by atoms with van der Waals surface area (Å²) in [4.78, 5) is 12.3. The maximum atomic E-state index is 12.3. The maximum Gasteiger partial charge on any atom is 0.227 e. The van der Waals surface area contributed by atoms with E-state index in [1.807, 2.05) is 13.0 Å². The Hall–Kier alpha value is -0.830. The molecule has 2 rings (SSSR count). The Kier molecular flexibility index (Phi) is 4.10. The molecule has 1 aromatic carbocycles. The molecule has 0 spiro atoms. The minimum atomic E-state index is 0.174. The van der Waals surface area contributed by atoms with E-state index in [0.717, 1.165) is 22.1 Å². The highest BCUT2D eigenvalue weighted by atomic mass is 79.9. The summed E-state index contributed by atoms with van der Waals surface area (Å²) >= 11 is 3.54. The van der Waals surface area contributed by atoms with Crippen LogP contribution in [0.3, 0.4) is 0 Å². The molecule has 0 aromatic heterocycles. The number of nitrogens with one attached hydrogen (secondary N) is 1. The average Bonchev–Trinajstić information content (AvgIpc) is 2.69. The van der Waals surface area contributed by atoms with Crippen LogP contribution in [-0.4, -0.2) is 5.91 Å². The number of hydrogen-bond donors (Lipinski definition) is 1. The molecule has 0 radical (unpaired) electrons. The van der Waals surface area contributed by atoms with Gasteiger partial charge in [0.05, 0.1) is 5.69 Å². The highest BCUT2D eigenvalue weighted by Gasteiger charge is 2.30. The zero-order chi connectivity index (χ0) is 13.3. The number of hydrogen-bond acceptors (Lipinski definition) is 1. The number of benzene rings is 1. The molecule has 0 aliphatic heterocycles. The summed E-state index contributed by atoms with van der Waals surface area (Å²) in [5, 5.41) is 3.09. The Morgan fingerprint density at radius 1 is 1.33 bits per heavy atom. The molecule has 1 aliphatic rings. The summed E-state index contributed by atoms with van der Waals surface area (Å²) in [5.74, 6) is 0.861. The second-order valence-electron chi connectivity index (χ2n) is 5.44. The molecule has 1 aromatic rings. The molecule has 1 fully saturated rings. The predicted octanol–water partition coefficient (Wildman–Crippen LogP) is 4.44. The molecule has 0 saturated heterocycles. The van der Waals surface area contributed by atoms with Gasteiger partial charge >= 0.3 is 0 Å². The highest BCUT2D eigenvalue weighted by molar-refractivity contribution is 9.10. The van der Waals surface area contributed by atoms with Crippen LogP contribution in [0.2, 0.25) is 0 Å². The molecule has 0 heterocycles. The zero-order valence-corrected chi connectivity index (χ0v) is 12.8. The van der Waals surface area contributed by atoms with Crippen LogP contribution >= 0.6 is 15.9 Å². The van der Waals surface area contributed by atoms with Crippen molar-refractivity contribution in [2.75, 3.05) is 5.32 Å². The molecule has 0 bridgehead atoms. The van der Waals surface area contributed by atoms with Gasteiger partial charge in [-0.15, -0.1) is 0 Å². The summed E-state index contributed by atoms with van der Waals surface area (Å²) < 4.78 is 0.971. The molecule has 3 heteroatoms. The van der Waals surface area contributed by atoms with Gasteiger partial charge in [-0.2, -0.15) is 0 Å². The van der Waals surface area contributed by atoms with Gasteiger partial charge in [0, 0.05) is 10.4 Å². The van der Waals surface area contributed by atoms with Crippen molar-refractivity contribution in [3.05, 3.63) is 27.7 Å². The molecular formula is C15H20BrNO. The van der Waals surface area contributed by atoms with Crippen molar-refractivity contribution in [1.29, 1.82) is 0 Å². The molecule has 2 atom stereocenters. The lowest BCUT2D eigenvalue weighted by Crippen LogP contribution is -2.25. The summed E-state index contributed by atoms with van der Waals surface area (Å²) in [5.41, 5.74) is 3.23. The van der Waals surface area contributed by atoms with E-state index < -0.39 is 0 Å². The Balaban J connectivity index is 2.17. The van der Waals surface area contributed by atoms with Gasteiger partial charge in [0.25, 0.3) is 0 Å². The fourth-order valence-electron chi connectivity index (χ4n) is 2.82. The smallest absolute Gasteiger partial charge is 0.227 e. The zero-order valence-electron chi connectivity index (χ0n) is 11.2. The van der Waals surface area contributed by atoms with Crippen molar-refractivity contribution in [2.24, 2.45) is 11.8 Å². The molecule has 1 saturated carbocycles. The van der Waals surface area contributed by atoms with Gasteiger partial charge in [-0.25, -0.2) is 0 Å². The molecule has 18 heavy (non-hydrogen) atoms. The van der Waals surface area contributed by atoms with Gasteiger partial charge in [-0.1, -0.05) is 19.4 Å². The standard InChI is InChI=1S/C15H20BrNO/c1-9-7-11(3)14(13(16)8-9)17-15(18)12-6-4-5-10(12)2/h7-8,10,12H,4-6H2,1-3H3,(H,17,18). The SMILES string of the molecule is Cc1cc(C)c(NC(=O)C2CCCC2C)c(Br)c1. The summed E-state index contributed by atoms with van der Waals surface area (Å²) in [6.45, 7) is 6.27. The fourth-order valence-corrected chi connectivity index (χ4v) is 3.60. The predicted molar refractivity (Wildman–Crippen MR) is 78.8 cm³/mol. The third-order valence-corrected chi connectivity index (χ3v) is 4.50. The number of rotatable bonds is 2. The van der Waals surface area contributed by atoms with E-state index in [1.165, 1.54) is 18.4 Å². The Bertz CT molecular complexity index is 447. The van der Waals surface area contributed by atoms with Gasteiger partial charge in [0.2, 0.25) is 5.91 Å². The van der Waals surface area contributed by atoms with Crippen molar-refractivity contribution in [3.8, 4) is 0 Å². The topological polar surface area (TPSA) is 29.1 Å². The maximum absolute atomic E-state index is 12.3. The van der Waals surface area contributed by atoms with E-state index in [2.05, 4.69) is 41.2 Å². The van der Waals surface area contributed by atoms with Gasteiger partial charge in [-0.3, -0.25) is 4.79 Å². The molecule has 98 valence electrons. The molecule has 1 amide bonds. The van der Waals surface area contributed by atoms with Crippen molar-refractivity contribution < 1.29 is 4.79 Å². The van der Waals surface area contributed by atoms with Crippen LogP contribution in [-0.2, 0) is 4.79 Å². The number of anilines is 1. The number of halogens is 1. The molecule has 2 unspecified atom stereocenters. The molecular weight excluding hydrogens is 290 g/mol. The van der Waals surface area contributed by atoms with Crippen LogP contribution < -0.4 is 5.32 Å². The van der Waals surface area contributed by atoms with Crippen LogP contribution in [0.1, 0.15) is 37.3 Å². The van der Waals surface area contributed by atoms with E-state index in [9.17, 15) is 4.79 Å². The molecule has 1 N–H and O–H groups in total. The monoisotopic (exact) mass is 309 g/mol. The van der Waals surface area contributed by atoms with Gasteiger partial charge in [0.1, 0.15) is 0 Å². The van der Waals surface area contributed by atoms with Crippen molar-refractivity contribution in [2.45, 2.75) is 40.0 Å².